The van der Waals surface area contributed by atoms with Crippen molar-refractivity contribution in [3.05, 3.63) is 112 Å². The van der Waals surface area contributed by atoms with Crippen LogP contribution in [-0.2, 0) is 24.8 Å². The molecule has 0 saturated carbocycles. The summed E-state index contributed by atoms with van der Waals surface area (Å²) >= 11 is 12.1. The minimum absolute atomic E-state index is 0.0460. The molecular formula is C28H25Cl2N3O5S2. The molecule has 4 aromatic carbocycles. The van der Waals surface area contributed by atoms with Crippen LogP contribution in [0.2, 0.25) is 10.0 Å². The molecule has 0 unspecified atom stereocenters. The SMILES string of the molecule is Cc1ccc(N(CC(=O)Nc2ccc(S(=O)(=O)Nc3cccc(Cl)c3Cl)cc2)S(=O)(=O)c2ccccc2)c(C)c1. The predicted molar refractivity (Wildman–Crippen MR) is 159 cm³/mol. The summed E-state index contributed by atoms with van der Waals surface area (Å²) < 4.78 is 56.2. The van der Waals surface area contributed by atoms with Crippen LogP contribution in [-0.4, -0.2) is 29.3 Å². The summed E-state index contributed by atoms with van der Waals surface area (Å²) in [5.74, 6) is -0.612. The highest BCUT2D eigenvalue weighted by Gasteiger charge is 2.28. The monoisotopic (exact) mass is 617 g/mol. The van der Waals surface area contributed by atoms with Crippen LogP contribution in [0.1, 0.15) is 11.1 Å². The predicted octanol–water partition coefficient (Wildman–Crippen LogP) is 6.25. The molecule has 1 amide bonds. The topological polar surface area (TPSA) is 113 Å². The van der Waals surface area contributed by atoms with E-state index in [9.17, 15) is 21.6 Å². The number of carbonyl (C=O) groups is 1. The Balaban J connectivity index is 1.55. The van der Waals surface area contributed by atoms with E-state index >= 15 is 0 Å². The van der Waals surface area contributed by atoms with Gasteiger partial charge in [0.1, 0.15) is 6.54 Å². The molecule has 2 N–H and O–H groups in total. The first kappa shape index (κ1) is 29.4. The number of hydrogen-bond acceptors (Lipinski definition) is 5. The van der Waals surface area contributed by atoms with E-state index in [2.05, 4.69) is 10.0 Å². The minimum atomic E-state index is -4.07. The van der Waals surface area contributed by atoms with Crippen molar-refractivity contribution in [1.29, 1.82) is 0 Å². The summed E-state index contributed by atoms with van der Waals surface area (Å²) in [6.07, 6.45) is 0. The van der Waals surface area contributed by atoms with Crippen molar-refractivity contribution >= 4 is 66.2 Å². The Morgan fingerprint density at radius 1 is 0.800 bits per heavy atom. The van der Waals surface area contributed by atoms with E-state index in [0.29, 0.717) is 11.3 Å². The van der Waals surface area contributed by atoms with Crippen LogP contribution in [0.25, 0.3) is 0 Å². The molecular weight excluding hydrogens is 593 g/mol. The van der Waals surface area contributed by atoms with E-state index in [1.165, 1.54) is 48.5 Å². The maximum absolute atomic E-state index is 13.6. The van der Waals surface area contributed by atoms with Crippen molar-refractivity contribution in [1.82, 2.24) is 0 Å². The average Bonchev–Trinajstić information content (AvgIpc) is 2.91. The summed E-state index contributed by atoms with van der Waals surface area (Å²) in [6, 6.07) is 23.1. The molecule has 0 aliphatic rings. The van der Waals surface area contributed by atoms with Crippen LogP contribution in [0, 0.1) is 13.8 Å². The number of nitrogens with one attached hydrogen (secondary N) is 2. The van der Waals surface area contributed by atoms with E-state index in [1.807, 2.05) is 13.0 Å². The quantitative estimate of drug-likeness (QED) is 0.231. The van der Waals surface area contributed by atoms with Gasteiger partial charge in [0, 0.05) is 5.69 Å². The lowest BCUT2D eigenvalue weighted by Crippen LogP contribution is -2.38. The molecule has 12 heteroatoms. The molecule has 0 saturated heterocycles. The van der Waals surface area contributed by atoms with Crippen molar-refractivity contribution in [3.63, 3.8) is 0 Å². The fraction of sp³-hybridized carbons (Fsp3) is 0.107. The molecule has 4 aromatic rings. The highest BCUT2D eigenvalue weighted by molar-refractivity contribution is 7.93. The highest BCUT2D eigenvalue weighted by Crippen LogP contribution is 2.31. The molecule has 208 valence electrons. The van der Waals surface area contributed by atoms with Crippen LogP contribution in [0.15, 0.2) is 101 Å². The van der Waals surface area contributed by atoms with E-state index in [0.717, 1.165) is 9.87 Å². The number of nitrogens with zero attached hydrogens (tertiary/aromatic N) is 1. The van der Waals surface area contributed by atoms with Crippen molar-refractivity contribution in [2.75, 3.05) is 20.9 Å². The largest absolute Gasteiger partial charge is 0.325 e. The molecule has 0 aliphatic carbocycles. The van der Waals surface area contributed by atoms with E-state index in [1.54, 1.807) is 43.3 Å². The number of rotatable bonds is 9. The molecule has 0 radical (unpaired) electrons. The smallest absolute Gasteiger partial charge is 0.264 e. The zero-order chi connectivity index (χ0) is 29.1. The Bertz CT molecular complexity index is 1760. The van der Waals surface area contributed by atoms with Crippen LogP contribution in [0.4, 0.5) is 17.1 Å². The zero-order valence-electron chi connectivity index (χ0n) is 21.4. The molecule has 0 heterocycles. The first-order valence-corrected chi connectivity index (χ1v) is 15.6. The van der Waals surface area contributed by atoms with Gasteiger partial charge in [-0.1, -0.05) is 65.2 Å². The summed E-state index contributed by atoms with van der Waals surface area (Å²) in [7, 11) is -8.08. The highest BCUT2D eigenvalue weighted by atomic mass is 35.5. The van der Waals surface area contributed by atoms with Crippen molar-refractivity contribution < 1.29 is 21.6 Å². The molecule has 0 aliphatic heterocycles. The second-order valence-electron chi connectivity index (χ2n) is 8.89. The Morgan fingerprint density at radius 3 is 2.12 bits per heavy atom. The van der Waals surface area contributed by atoms with Gasteiger partial charge in [0.15, 0.2) is 0 Å². The van der Waals surface area contributed by atoms with E-state index in [-0.39, 0.29) is 31.2 Å². The van der Waals surface area contributed by atoms with Gasteiger partial charge in [-0.3, -0.25) is 13.8 Å². The third-order valence-corrected chi connectivity index (χ3v) is 9.86. The Hall–Kier alpha value is -3.57. The fourth-order valence-corrected chi connectivity index (χ4v) is 6.92. The van der Waals surface area contributed by atoms with E-state index < -0.39 is 32.5 Å². The Kier molecular flexibility index (Phi) is 8.74. The zero-order valence-corrected chi connectivity index (χ0v) is 24.6. The maximum Gasteiger partial charge on any atom is 0.264 e. The molecule has 0 aromatic heterocycles. The molecule has 0 spiro atoms. The van der Waals surface area contributed by atoms with Gasteiger partial charge in [-0.05, 0) is 74.0 Å². The van der Waals surface area contributed by atoms with Crippen LogP contribution in [0.3, 0.4) is 0 Å². The van der Waals surface area contributed by atoms with E-state index in [4.69, 9.17) is 23.2 Å². The number of hydrogen-bond donors (Lipinski definition) is 2. The average molecular weight is 619 g/mol. The molecule has 40 heavy (non-hydrogen) atoms. The molecule has 0 fully saturated rings. The first-order valence-electron chi connectivity index (χ1n) is 11.9. The number of amides is 1. The Morgan fingerprint density at radius 2 is 1.48 bits per heavy atom. The summed E-state index contributed by atoms with van der Waals surface area (Å²) in [5.41, 5.74) is 2.41. The van der Waals surface area contributed by atoms with Gasteiger partial charge in [-0.25, -0.2) is 16.8 Å². The summed E-state index contributed by atoms with van der Waals surface area (Å²) in [5, 5.41) is 2.91. The lowest BCUT2D eigenvalue weighted by Gasteiger charge is -2.26. The van der Waals surface area contributed by atoms with Gasteiger partial charge in [-0.2, -0.15) is 0 Å². The third-order valence-electron chi connectivity index (χ3n) is 5.88. The number of sulfonamides is 2. The number of aryl methyl sites for hydroxylation is 2. The van der Waals surface area contributed by atoms with Crippen molar-refractivity contribution in [2.45, 2.75) is 23.6 Å². The summed E-state index contributed by atoms with van der Waals surface area (Å²) in [6.45, 7) is 3.16. The first-order chi connectivity index (χ1) is 18.9. The molecule has 0 bridgehead atoms. The fourth-order valence-electron chi connectivity index (χ4n) is 3.94. The Labute approximate surface area is 243 Å². The second kappa shape index (κ2) is 11.9. The van der Waals surface area contributed by atoms with Crippen LogP contribution in [0.5, 0.6) is 0 Å². The van der Waals surface area contributed by atoms with Gasteiger partial charge in [-0.15, -0.1) is 0 Å². The standard InChI is InChI=1S/C28H25Cl2N3O5S2/c1-19-11-16-26(20(2)17-19)33(40(37,38)23-7-4-3-5-8-23)18-27(34)31-21-12-14-22(15-13-21)39(35,36)32-25-10-6-9-24(29)28(25)30/h3-17,32H,18H2,1-2H3,(H,31,34). The van der Waals surface area contributed by atoms with Crippen LogP contribution >= 0.6 is 23.2 Å². The third kappa shape index (κ3) is 6.59. The van der Waals surface area contributed by atoms with Gasteiger partial charge in [0.2, 0.25) is 5.91 Å². The molecule has 4 rings (SSSR count). The van der Waals surface area contributed by atoms with Gasteiger partial charge < -0.3 is 5.32 Å². The maximum atomic E-state index is 13.6. The normalized spacial score (nSPS) is 11.6. The molecule has 0 atom stereocenters. The number of carbonyl (C=O) groups excluding carboxylic acids is 1. The lowest BCUT2D eigenvalue weighted by atomic mass is 10.1. The number of benzene rings is 4. The number of anilines is 3. The minimum Gasteiger partial charge on any atom is -0.325 e. The second-order valence-corrected chi connectivity index (χ2v) is 13.2. The number of halogens is 2. The van der Waals surface area contributed by atoms with Crippen molar-refractivity contribution in [3.8, 4) is 0 Å². The van der Waals surface area contributed by atoms with Gasteiger partial charge in [0.05, 0.1) is 31.2 Å². The summed E-state index contributed by atoms with van der Waals surface area (Å²) in [4.78, 5) is 13.0. The van der Waals surface area contributed by atoms with Gasteiger partial charge >= 0.3 is 0 Å². The van der Waals surface area contributed by atoms with Gasteiger partial charge in [0.25, 0.3) is 20.0 Å². The molecule has 8 nitrogen and oxygen atoms in total. The lowest BCUT2D eigenvalue weighted by molar-refractivity contribution is -0.114. The van der Waals surface area contributed by atoms with Crippen LogP contribution < -0.4 is 14.3 Å². The van der Waals surface area contributed by atoms with Crippen molar-refractivity contribution in [2.24, 2.45) is 0 Å².